The zero-order valence-electron chi connectivity index (χ0n) is 11.6. The van der Waals surface area contributed by atoms with Gasteiger partial charge in [-0.1, -0.05) is 13.8 Å². The summed E-state index contributed by atoms with van der Waals surface area (Å²) in [4.78, 5) is 24.0. The first-order chi connectivity index (χ1) is 8.97. The van der Waals surface area contributed by atoms with E-state index in [2.05, 4.69) is 5.32 Å². The Labute approximate surface area is 111 Å². The van der Waals surface area contributed by atoms with Gasteiger partial charge in [-0.05, 0) is 12.8 Å². The number of nitrogen functional groups attached to an aromatic ring is 1. The zero-order valence-corrected chi connectivity index (χ0v) is 11.6. The largest absolute Gasteiger partial charge is 0.394 e. The number of nitrogens with two attached hydrogens (primary N) is 1. The molecular weight excluding hydrogens is 248 g/mol. The molecule has 0 aromatic carbocycles. The van der Waals surface area contributed by atoms with Crippen molar-refractivity contribution in [2.45, 2.75) is 39.3 Å². The summed E-state index contributed by atoms with van der Waals surface area (Å²) in [5.74, 6) is 0.127. The first-order valence-corrected chi connectivity index (χ1v) is 6.44. The van der Waals surface area contributed by atoms with Gasteiger partial charge in [0, 0.05) is 19.6 Å². The summed E-state index contributed by atoms with van der Waals surface area (Å²) in [6.45, 7) is 4.15. The van der Waals surface area contributed by atoms with Crippen LogP contribution in [0.1, 0.15) is 26.7 Å². The van der Waals surface area contributed by atoms with Crippen molar-refractivity contribution in [2.24, 2.45) is 7.05 Å². The molecule has 1 atom stereocenters. The fraction of sp³-hybridized carbons (Fsp3) is 0.667. The third-order valence-corrected chi connectivity index (χ3v) is 3.09. The molecule has 0 fully saturated rings. The van der Waals surface area contributed by atoms with Crippen LogP contribution < -0.4 is 22.3 Å². The molecule has 4 N–H and O–H groups in total. The third-order valence-electron chi connectivity index (χ3n) is 3.09. The number of anilines is 2. The number of rotatable bonds is 6. The molecule has 108 valence electrons. The van der Waals surface area contributed by atoms with Crippen LogP contribution in [0.3, 0.4) is 0 Å². The monoisotopic (exact) mass is 270 g/mol. The average molecular weight is 270 g/mol. The summed E-state index contributed by atoms with van der Waals surface area (Å²) in [7, 11) is 1.42. The van der Waals surface area contributed by atoms with E-state index in [-0.39, 0.29) is 24.2 Å². The van der Waals surface area contributed by atoms with Gasteiger partial charge in [-0.3, -0.25) is 13.9 Å². The van der Waals surface area contributed by atoms with Gasteiger partial charge in [0.15, 0.2) is 0 Å². The SMILES string of the molecule is CCCn1c(N)c(NC(CC)CO)c(=O)n(C)c1=O. The number of aliphatic hydroxyl groups excluding tert-OH is 1. The molecule has 1 heterocycles. The number of hydrogen-bond donors (Lipinski definition) is 3. The number of nitrogens with one attached hydrogen (secondary N) is 1. The van der Waals surface area contributed by atoms with Crippen LogP contribution >= 0.6 is 0 Å². The minimum Gasteiger partial charge on any atom is -0.394 e. The highest BCUT2D eigenvalue weighted by Gasteiger charge is 2.17. The summed E-state index contributed by atoms with van der Waals surface area (Å²) in [6.07, 6.45) is 1.38. The van der Waals surface area contributed by atoms with Gasteiger partial charge in [0.25, 0.3) is 5.56 Å². The van der Waals surface area contributed by atoms with Crippen molar-refractivity contribution in [1.82, 2.24) is 9.13 Å². The molecule has 0 aliphatic rings. The molecule has 0 aliphatic carbocycles. The van der Waals surface area contributed by atoms with Gasteiger partial charge in [-0.15, -0.1) is 0 Å². The molecule has 0 saturated carbocycles. The second-order valence-corrected chi connectivity index (χ2v) is 4.49. The Morgan fingerprint density at radius 1 is 1.37 bits per heavy atom. The van der Waals surface area contributed by atoms with Crippen molar-refractivity contribution in [3.63, 3.8) is 0 Å². The topological polar surface area (TPSA) is 102 Å². The molecule has 19 heavy (non-hydrogen) atoms. The van der Waals surface area contributed by atoms with Crippen LogP contribution in [-0.4, -0.2) is 26.9 Å². The van der Waals surface area contributed by atoms with Gasteiger partial charge >= 0.3 is 5.69 Å². The van der Waals surface area contributed by atoms with Crippen LogP contribution in [0, 0.1) is 0 Å². The molecule has 0 radical (unpaired) electrons. The van der Waals surface area contributed by atoms with Gasteiger partial charge in [0.1, 0.15) is 11.5 Å². The second kappa shape index (κ2) is 6.42. The van der Waals surface area contributed by atoms with E-state index in [9.17, 15) is 14.7 Å². The Kier molecular flexibility index (Phi) is 5.17. The van der Waals surface area contributed by atoms with Gasteiger partial charge in [0.05, 0.1) is 6.61 Å². The van der Waals surface area contributed by atoms with Crippen LogP contribution in [0.2, 0.25) is 0 Å². The lowest BCUT2D eigenvalue weighted by molar-refractivity contribution is 0.271. The first-order valence-electron chi connectivity index (χ1n) is 6.44. The Balaban J connectivity index is 3.39. The van der Waals surface area contributed by atoms with Crippen molar-refractivity contribution >= 4 is 11.5 Å². The van der Waals surface area contributed by atoms with E-state index in [1.54, 1.807) is 0 Å². The quantitative estimate of drug-likeness (QED) is 0.660. The predicted molar refractivity (Wildman–Crippen MR) is 75.4 cm³/mol. The molecule has 1 aromatic rings. The molecule has 1 aromatic heterocycles. The van der Waals surface area contributed by atoms with Crippen LogP contribution in [0.5, 0.6) is 0 Å². The minimum absolute atomic E-state index is 0.105. The van der Waals surface area contributed by atoms with Gasteiger partial charge in [0.2, 0.25) is 0 Å². The van der Waals surface area contributed by atoms with Crippen molar-refractivity contribution in [1.29, 1.82) is 0 Å². The summed E-state index contributed by atoms with van der Waals surface area (Å²) in [5, 5.41) is 12.1. The molecule has 1 rings (SSSR count). The highest BCUT2D eigenvalue weighted by Crippen LogP contribution is 2.13. The molecule has 0 saturated heterocycles. The van der Waals surface area contributed by atoms with E-state index in [4.69, 9.17) is 5.73 Å². The predicted octanol–water partition coefficient (Wildman–Crippen LogP) is -0.278. The van der Waals surface area contributed by atoms with Crippen molar-refractivity contribution < 1.29 is 5.11 Å². The van der Waals surface area contributed by atoms with Gasteiger partial charge < -0.3 is 16.2 Å². The van der Waals surface area contributed by atoms with Gasteiger partial charge in [-0.2, -0.15) is 0 Å². The Morgan fingerprint density at radius 3 is 2.47 bits per heavy atom. The van der Waals surface area contributed by atoms with Crippen molar-refractivity contribution in [3.05, 3.63) is 20.8 Å². The lowest BCUT2D eigenvalue weighted by Gasteiger charge is -2.19. The second-order valence-electron chi connectivity index (χ2n) is 4.49. The average Bonchev–Trinajstić information content (AvgIpc) is 2.42. The van der Waals surface area contributed by atoms with Crippen LogP contribution in [0.4, 0.5) is 11.5 Å². The number of aromatic nitrogens is 2. The maximum absolute atomic E-state index is 12.1. The van der Waals surface area contributed by atoms with Crippen molar-refractivity contribution in [3.8, 4) is 0 Å². The van der Waals surface area contributed by atoms with Crippen LogP contribution in [0.25, 0.3) is 0 Å². The van der Waals surface area contributed by atoms with E-state index >= 15 is 0 Å². The normalized spacial score (nSPS) is 12.4. The summed E-state index contributed by atoms with van der Waals surface area (Å²) >= 11 is 0. The highest BCUT2D eigenvalue weighted by molar-refractivity contribution is 5.61. The zero-order chi connectivity index (χ0) is 14.6. The van der Waals surface area contributed by atoms with Crippen LogP contribution in [-0.2, 0) is 13.6 Å². The maximum atomic E-state index is 12.1. The molecule has 0 amide bonds. The molecule has 1 unspecified atom stereocenters. The molecule has 7 heteroatoms. The minimum atomic E-state index is -0.471. The third kappa shape index (κ3) is 2.98. The Hall–Kier alpha value is -1.76. The lowest BCUT2D eigenvalue weighted by Crippen LogP contribution is -2.42. The summed E-state index contributed by atoms with van der Waals surface area (Å²) < 4.78 is 2.40. The van der Waals surface area contributed by atoms with E-state index in [1.165, 1.54) is 11.6 Å². The number of nitrogens with zero attached hydrogens (tertiary/aromatic N) is 2. The molecule has 0 aliphatic heterocycles. The summed E-state index contributed by atoms with van der Waals surface area (Å²) in [5.41, 5.74) is 5.19. The lowest BCUT2D eigenvalue weighted by atomic mass is 10.2. The standard InChI is InChI=1S/C12H22N4O3/c1-4-6-16-10(13)9(14-8(5-2)7-17)11(18)15(3)12(16)19/h8,14,17H,4-7,13H2,1-3H3. The Bertz CT molecular complexity index is 543. The van der Waals surface area contributed by atoms with E-state index < -0.39 is 11.2 Å². The highest BCUT2D eigenvalue weighted by atomic mass is 16.3. The first kappa shape index (κ1) is 15.3. The molecular formula is C12H22N4O3. The maximum Gasteiger partial charge on any atom is 0.332 e. The van der Waals surface area contributed by atoms with E-state index in [1.807, 2.05) is 13.8 Å². The van der Waals surface area contributed by atoms with Gasteiger partial charge in [-0.25, -0.2) is 4.79 Å². The fourth-order valence-electron chi connectivity index (χ4n) is 1.84. The van der Waals surface area contributed by atoms with E-state index in [0.717, 1.165) is 11.0 Å². The number of aliphatic hydroxyl groups is 1. The summed E-state index contributed by atoms with van der Waals surface area (Å²) in [6, 6.07) is -0.262. The Morgan fingerprint density at radius 2 is 2.00 bits per heavy atom. The van der Waals surface area contributed by atoms with Crippen molar-refractivity contribution in [2.75, 3.05) is 17.7 Å². The molecule has 7 nitrogen and oxygen atoms in total. The smallest absolute Gasteiger partial charge is 0.332 e. The molecule has 0 bridgehead atoms. The van der Waals surface area contributed by atoms with Crippen LogP contribution in [0.15, 0.2) is 9.59 Å². The molecule has 0 spiro atoms. The van der Waals surface area contributed by atoms with E-state index in [0.29, 0.717) is 13.0 Å². The fourth-order valence-corrected chi connectivity index (χ4v) is 1.84. The number of hydrogen-bond acceptors (Lipinski definition) is 5.